The molecule has 0 aliphatic carbocycles. The van der Waals surface area contributed by atoms with Crippen LogP contribution in [0.15, 0.2) is 30.6 Å². The van der Waals surface area contributed by atoms with Gasteiger partial charge in [-0.1, -0.05) is 0 Å². The molecule has 5 heteroatoms. The minimum Gasteiger partial charge on any atom is -0.236 e. The second-order valence-electron chi connectivity index (χ2n) is 3.21. The molecular formula is C11H7ClF2N2. The Morgan fingerprint density at radius 2 is 1.56 bits per heavy atom. The SMILES string of the molecule is Fc1cc(F)cc(-c2ncc(CCl)cn2)c1. The van der Waals surface area contributed by atoms with Crippen LogP contribution in [-0.2, 0) is 5.88 Å². The van der Waals surface area contributed by atoms with E-state index in [0.29, 0.717) is 11.4 Å². The van der Waals surface area contributed by atoms with Crippen LogP contribution in [0.25, 0.3) is 11.4 Å². The van der Waals surface area contributed by atoms with Crippen LogP contribution in [0.2, 0.25) is 0 Å². The Balaban J connectivity index is 2.42. The molecule has 82 valence electrons. The first kappa shape index (κ1) is 11.0. The van der Waals surface area contributed by atoms with Crippen LogP contribution < -0.4 is 0 Å². The van der Waals surface area contributed by atoms with Gasteiger partial charge in [-0.3, -0.25) is 0 Å². The molecule has 0 spiro atoms. The number of nitrogens with zero attached hydrogens (tertiary/aromatic N) is 2. The van der Waals surface area contributed by atoms with Crippen LogP contribution in [0, 0.1) is 11.6 Å². The predicted octanol–water partition coefficient (Wildman–Crippen LogP) is 3.16. The van der Waals surface area contributed by atoms with Gasteiger partial charge < -0.3 is 0 Å². The molecule has 0 unspecified atom stereocenters. The molecule has 2 rings (SSSR count). The Morgan fingerprint density at radius 1 is 1.00 bits per heavy atom. The summed E-state index contributed by atoms with van der Waals surface area (Å²) in [5, 5.41) is 0. The van der Waals surface area contributed by atoms with Gasteiger partial charge in [0.05, 0.1) is 5.88 Å². The van der Waals surface area contributed by atoms with Gasteiger partial charge in [-0.25, -0.2) is 18.7 Å². The average Bonchev–Trinajstić information content (AvgIpc) is 2.28. The first-order valence-electron chi connectivity index (χ1n) is 4.52. The number of hydrogen-bond donors (Lipinski definition) is 0. The number of halogens is 3. The van der Waals surface area contributed by atoms with E-state index >= 15 is 0 Å². The zero-order valence-corrected chi connectivity index (χ0v) is 8.88. The Kier molecular flexibility index (Phi) is 3.10. The molecule has 2 aromatic rings. The van der Waals surface area contributed by atoms with Crippen molar-refractivity contribution < 1.29 is 8.78 Å². The van der Waals surface area contributed by atoms with Gasteiger partial charge in [0.1, 0.15) is 11.6 Å². The van der Waals surface area contributed by atoms with Gasteiger partial charge in [-0.15, -0.1) is 11.6 Å². The van der Waals surface area contributed by atoms with E-state index in [9.17, 15) is 8.78 Å². The van der Waals surface area contributed by atoms with Crippen molar-refractivity contribution in [2.24, 2.45) is 0 Å². The van der Waals surface area contributed by atoms with E-state index in [1.807, 2.05) is 0 Å². The van der Waals surface area contributed by atoms with E-state index in [-0.39, 0.29) is 5.82 Å². The summed E-state index contributed by atoms with van der Waals surface area (Å²) in [6.45, 7) is 0. The van der Waals surface area contributed by atoms with Crippen molar-refractivity contribution in [2.45, 2.75) is 5.88 Å². The highest BCUT2D eigenvalue weighted by Crippen LogP contribution is 2.17. The van der Waals surface area contributed by atoms with Gasteiger partial charge in [0.15, 0.2) is 5.82 Å². The maximum absolute atomic E-state index is 12.9. The third-order valence-electron chi connectivity index (χ3n) is 1.98. The van der Waals surface area contributed by atoms with Crippen molar-refractivity contribution in [3.05, 3.63) is 47.8 Å². The van der Waals surface area contributed by atoms with E-state index in [2.05, 4.69) is 9.97 Å². The first-order chi connectivity index (χ1) is 7.69. The van der Waals surface area contributed by atoms with Crippen LogP contribution in [0.3, 0.4) is 0 Å². The largest absolute Gasteiger partial charge is 0.236 e. The Hall–Kier alpha value is -1.55. The Labute approximate surface area is 95.9 Å². The number of hydrogen-bond acceptors (Lipinski definition) is 2. The fourth-order valence-corrected chi connectivity index (χ4v) is 1.39. The second kappa shape index (κ2) is 4.53. The first-order valence-corrected chi connectivity index (χ1v) is 5.06. The van der Waals surface area contributed by atoms with Crippen molar-refractivity contribution >= 4 is 11.6 Å². The van der Waals surface area contributed by atoms with Crippen molar-refractivity contribution in [2.75, 3.05) is 0 Å². The molecule has 0 atom stereocenters. The van der Waals surface area contributed by atoms with E-state index in [1.165, 1.54) is 24.5 Å². The lowest BCUT2D eigenvalue weighted by Crippen LogP contribution is -1.92. The number of rotatable bonds is 2. The van der Waals surface area contributed by atoms with Crippen LogP contribution in [0.5, 0.6) is 0 Å². The highest BCUT2D eigenvalue weighted by atomic mass is 35.5. The molecule has 0 bridgehead atoms. The van der Waals surface area contributed by atoms with Gasteiger partial charge >= 0.3 is 0 Å². The van der Waals surface area contributed by atoms with E-state index < -0.39 is 11.6 Å². The van der Waals surface area contributed by atoms with Gasteiger partial charge in [0.2, 0.25) is 0 Å². The van der Waals surface area contributed by atoms with Gasteiger partial charge in [0.25, 0.3) is 0 Å². The maximum atomic E-state index is 12.9. The average molecular weight is 241 g/mol. The molecule has 0 radical (unpaired) electrons. The molecule has 0 aliphatic rings. The summed E-state index contributed by atoms with van der Waals surface area (Å²) < 4.78 is 25.9. The second-order valence-corrected chi connectivity index (χ2v) is 3.47. The Morgan fingerprint density at radius 3 is 2.06 bits per heavy atom. The third-order valence-corrected chi connectivity index (χ3v) is 2.29. The molecule has 0 fully saturated rings. The van der Waals surface area contributed by atoms with E-state index in [4.69, 9.17) is 11.6 Å². The predicted molar refractivity (Wildman–Crippen MR) is 56.9 cm³/mol. The standard InChI is InChI=1S/C11H7ClF2N2/c12-4-7-5-15-11(16-6-7)8-1-9(13)3-10(14)2-8/h1-3,5-6H,4H2. The van der Waals surface area contributed by atoms with Crippen molar-refractivity contribution in [1.29, 1.82) is 0 Å². The van der Waals surface area contributed by atoms with E-state index in [0.717, 1.165) is 11.6 Å². The van der Waals surface area contributed by atoms with Crippen molar-refractivity contribution in [3.63, 3.8) is 0 Å². The summed E-state index contributed by atoms with van der Waals surface area (Å²) in [4.78, 5) is 7.95. The van der Waals surface area contributed by atoms with E-state index in [1.54, 1.807) is 0 Å². The zero-order valence-electron chi connectivity index (χ0n) is 8.12. The maximum Gasteiger partial charge on any atom is 0.159 e. The van der Waals surface area contributed by atoms with Crippen LogP contribution in [-0.4, -0.2) is 9.97 Å². The monoisotopic (exact) mass is 240 g/mol. The smallest absolute Gasteiger partial charge is 0.159 e. The number of benzene rings is 1. The molecule has 0 aliphatic heterocycles. The fraction of sp³-hybridized carbons (Fsp3) is 0.0909. The molecular weight excluding hydrogens is 234 g/mol. The summed E-state index contributed by atoms with van der Waals surface area (Å²) >= 11 is 5.58. The molecule has 0 amide bonds. The zero-order chi connectivity index (χ0) is 11.5. The third kappa shape index (κ3) is 2.33. The normalized spacial score (nSPS) is 10.4. The summed E-state index contributed by atoms with van der Waals surface area (Å²) in [7, 11) is 0. The molecule has 0 saturated carbocycles. The van der Waals surface area contributed by atoms with Gasteiger partial charge in [-0.05, 0) is 12.1 Å². The molecule has 1 aromatic heterocycles. The lowest BCUT2D eigenvalue weighted by atomic mass is 10.2. The highest BCUT2D eigenvalue weighted by molar-refractivity contribution is 6.17. The van der Waals surface area contributed by atoms with Crippen molar-refractivity contribution in [1.82, 2.24) is 9.97 Å². The number of alkyl halides is 1. The summed E-state index contributed by atoms with van der Waals surface area (Å²) in [6, 6.07) is 3.16. The van der Waals surface area contributed by atoms with Gasteiger partial charge in [0, 0.05) is 29.6 Å². The molecule has 0 saturated heterocycles. The van der Waals surface area contributed by atoms with Crippen LogP contribution in [0.4, 0.5) is 8.78 Å². The quantitative estimate of drug-likeness (QED) is 0.754. The highest BCUT2D eigenvalue weighted by Gasteiger charge is 2.05. The number of aromatic nitrogens is 2. The lowest BCUT2D eigenvalue weighted by molar-refractivity contribution is 0.584. The van der Waals surface area contributed by atoms with Crippen LogP contribution >= 0.6 is 11.6 Å². The van der Waals surface area contributed by atoms with Crippen LogP contribution in [0.1, 0.15) is 5.56 Å². The Bertz CT molecular complexity index is 480. The van der Waals surface area contributed by atoms with Gasteiger partial charge in [-0.2, -0.15) is 0 Å². The minimum absolute atomic E-state index is 0.271. The summed E-state index contributed by atoms with van der Waals surface area (Å²) in [5.74, 6) is -0.732. The molecule has 2 nitrogen and oxygen atoms in total. The summed E-state index contributed by atoms with van der Waals surface area (Å²) in [5.41, 5.74) is 1.06. The molecule has 1 aromatic carbocycles. The summed E-state index contributed by atoms with van der Waals surface area (Å²) in [6.07, 6.45) is 3.05. The fourth-order valence-electron chi connectivity index (χ4n) is 1.26. The molecule has 0 N–H and O–H groups in total. The minimum atomic E-state index is -0.653. The lowest BCUT2D eigenvalue weighted by Gasteiger charge is -2.01. The topological polar surface area (TPSA) is 25.8 Å². The molecule has 16 heavy (non-hydrogen) atoms. The molecule has 1 heterocycles. The van der Waals surface area contributed by atoms with Crippen molar-refractivity contribution in [3.8, 4) is 11.4 Å².